The Balaban J connectivity index is 2.05. The van der Waals surface area contributed by atoms with E-state index in [4.69, 9.17) is 5.73 Å². The minimum absolute atomic E-state index is 0.793. The number of nitrogens with two attached hydrogens (primary N) is 1. The van der Waals surface area contributed by atoms with E-state index in [1.165, 1.54) is 16.7 Å². The average Bonchev–Trinajstić information content (AvgIpc) is 2.35. The maximum absolute atomic E-state index is 5.90. The van der Waals surface area contributed by atoms with Crippen LogP contribution in [0.15, 0.2) is 46.9 Å². The number of nitrogen functional groups attached to an aromatic ring is 1. The molecule has 0 heterocycles. The molecule has 0 saturated heterocycles. The van der Waals surface area contributed by atoms with Gasteiger partial charge in [0.25, 0.3) is 0 Å². The van der Waals surface area contributed by atoms with Crippen molar-refractivity contribution in [3.63, 3.8) is 0 Å². The molecule has 2 aromatic carbocycles. The van der Waals surface area contributed by atoms with Crippen molar-refractivity contribution in [1.82, 2.24) is 4.90 Å². The number of aryl methyl sites for hydroxylation is 1. The molecule has 19 heavy (non-hydrogen) atoms. The van der Waals surface area contributed by atoms with Crippen molar-refractivity contribution in [2.24, 2.45) is 0 Å². The van der Waals surface area contributed by atoms with Crippen molar-refractivity contribution in [1.29, 1.82) is 0 Å². The molecule has 2 nitrogen and oxygen atoms in total. The Morgan fingerprint density at radius 1 is 1.11 bits per heavy atom. The van der Waals surface area contributed by atoms with Crippen LogP contribution in [0.4, 0.5) is 5.69 Å². The van der Waals surface area contributed by atoms with Crippen molar-refractivity contribution < 1.29 is 0 Å². The van der Waals surface area contributed by atoms with Crippen LogP contribution in [-0.2, 0) is 13.1 Å². The lowest BCUT2D eigenvalue weighted by Crippen LogP contribution is -2.17. The van der Waals surface area contributed by atoms with Gasteiger partial charge < -0.3 is 5.73 Å². The Bertz CT molecular complexity index is 566. The Morgan fingerprint density at radius 2 is 1.84 bits per heavy atom. The number of rotatable bonds is 4. The molecule has 0 amide bonds. The first kappa shape index (κ1) is 14.1. The van der Waals surface area contributed by atoms with Crippen LogP contribution in [0, 0.1) is 6.92 Å². The molecule has 0 aliphatic carbocycles. The van der Waals surface area contributed by atoms with Crippen molar-refractivity contribution in [3.05, 3.63) is 63.6 Å². The van der Waals surface area contributed by atoms with Gasteiger partial charge in [-0.1, -0.05) is 42.0 Å². The van der Waals surface area contributed by atoms with Crippen LogP contribution >= 0.6 is 15.9 Å². The van der Waals surface area contributed by atoms with Gasteiger partial charge in [-0.3, -0.25) is 4.90 Å². The third-order valence-electron chi connectivity index (χ3n) is 3.08. The van der Waals surface area contributed by atoms with E-state index < -0.39 is 0 Å². The first-order valence-electron chi connectivity index (χ1n) is 6.33. The molecular formula is C16H19BrN2. The first-order valence-corrected chi connectivity index (χ1v) is 7.12. The molecule has 0 aliphatic heterocycles. The maximum Gasteiger partial charge on any atom is 0.0461 e. The lowest BCUT2D eigenvalue weighted by Gasteiger charge is -2.18. The normalized spacial score (nSPS) is 10.9. The Hall–Kier alpha value is -1.32. The highest BCUT2D eigenvalue weighted by Gasteiger charge is 2.07. The summed E-state index contributed by atoms with van der Waals surface area (Å²) in [7, 11) is 2.12. The average molecular weight is 319 g/mol. The van der Waals surface area contributed by atoms with Crippen molar-refractivity contribution >= 4 is 21.6 Å². The van der Waals surface area contributed by atoms with E-state index in [9.17, 15) is 0 Å². The van der Waals surface area contributed by atoms with Gasteiger partial charge in [0, 0.05) is 23.2 Å². The highest BCUT2D eigenvalue weighted by Crippen LogP contribution is 2.25. The topological polar surface area (TPSA) is 29.3 Å². The zero-order valence-corrected chi connectivity index (χ0v) is 12.9. The van der Waals surface area contributed by atoms with E-state index in [-0.39, 0.29) is 0 Å². The molecule has 100 valence electrons. The molecule has 0 saturated carbocycles. The molecule has 0 bridgehead atoms. The highest BCUT2D eigenvalue weighted by molar-refractivity contribution is 9.10. The van der Waals surface area contributed by atoms with E-state index in [0.29, 0.717) is 0 Å². The second-order valence-electron chi connectivity index (χ2n) is 4.98. The van der Waals surface area contributed by atoms with Crippen molar-refractivity contribution in [2.45, 2.75) is 20.0 Å². The van der Waals surface area contributed by atoms with Crippen LogP contribution in [-0.4, -0.2) is 11.9 Å². The zero-order valence-electron chi connectivity index (χ0n) is 11.4. The molecule has 2 aromatic rings. The van der Waals surface area contributed by atoms with Gasteiger partial charge in [0.05, 0.1) is 0 Å². The van der Waals surface area contributed by atoms with Crippen LogP contribution in [0.3, 0.4) is 0 Å². The van der Waals surface area contributed by atoms with Crippen LogP contribution < -0.4 is 5.73 Å². The maximum atomic E-state index is 5.90. The minimum atomic E-state index is 0.793. The fourth-order valence-electron chi connectivity index (χ4n) is 2.19. The fraction of sp³-hybridized carbons (Fsp3) is 0.250. The molecule has 0 aromatic heterocycles. The summed E-state index contributed by atoms with van der Waals surface area (Å²) in [4.78, 5) is 2.29. The highest BCUT2D eigenvalue weighted by atomic mass is 79.9. The molecular weight excluding hydrogens is 300 g/mol. The minimum Gasteiger partial charge on any atom is -0.398 e. The lowest BCUT2D eigenvalue weighted by atomic mass is 10.1. The number of halogens is 1. The monoisotopic (exact) mass is 318 g/mol. The van der Waals surface area contributed by atoms with E-state index in [2.05, 4.69) is 65.1 Å². The SMILES string of the molecule is Cc1cccc(CN(C)Cc2cccc(N)c2Br)c1. The number of nitrogens with zero attached hydrogens (tertiary/aromatic N) is 1. The van der Waals surface area contributed by atoms with Crippen molar-refractivity contribution in [2.75, 3.05) is 12.8 Å². The number of hydrogen-bond acceptors (Lipinski definition) is 2. The molecule has 0 atom stereocenters. The predicted octanol–water partition coefficient (Wildman–Crippen LogP) is 3.97. The van der Waals surface area contributed by atoms with E-state index >= 15 is 0 Å². The van der Waals surface area contributed by atoms with E-state index in [1.807, 2.05) is 12.1 Å². The third-order valence-corrected chi connectivity index (χ3v) is 4.05. The lowest BCUT2D eigenvalue weighted by molar-refractivity contribution is 0.318. The zero-order chi connectivity index (χ0) is 13.8. The van der Waals surface area contributed by atoms with E-state index in [0.717, 1.165) is 23.2 Å². The Kier molecular flexibility index (Phi) is 4.61. The molecule has 0 radical (unpaired) electrons. The summed E-state index contributed by atoms with van der Waals surface area (Å²) in [5.74, 6) is 0. The molecule has 2 N–H and O–H groups in total. The Morgan fingerprint density at radius 3 is 2.58 bits per heavy atom. The quantitative estimate of drug-likeness (QED) is 0.864. The summed E-state index contributed by atoms with van der Waals surface area (Å²) in [6.45, 7) is 3.93. The van der Waals surface area contributed by atoms with Gasteiger partial charge in [-0.25, -0.2) is 0 Å². The van der Waals surface area contributed by atoms with Gasteiger partial charge in [-0.2, -0.15) is 0 Å². The molecule has 0 spiro atoms. The predicted molar refractivity (Wildman–Crippen MR) is 84.9 cm³/mol. The molecule has 3 heteroatoms. The molecule has 0 fully saturated rings. The number of benzene rings is 2. The number of anilines is 1. The van der Waals surface area contributed by atoms with Gasteiger partial charge >= 0.3 is 0 Å². The van der Waals surface area contributed by atoms with E-state index in [1.54, 1.807) is 0 Å². The standard InChI is InChI=1S/C16H19BrN2/c1-12-5-3-6-13(9-12)10-19(2)11-14-7-4-8-15(18)16(14)17/h3-9H,10-11,18H2,1-2H3. The number of hydrogen-bond donors (Lipinski definition) is 1. The van der Waals surface area contributed by atoms with Crippen LogP contribution in [0.5, 0.6) is 0 Å². The largest absolute Gasteiger partial charge is 0.398 e. The summed E-state index contributed by atoms with van der Waals surface area (Å²) >= 11 is 3.55. The van der Waals surface area contributed by atoms with Gasteiger partial charge in [-0.05, 0) is 47.1 Å². The molecule has 0 aliphatic rings. The summed E-state index contributed by atoms with van der Waals surface area (Å²) in [6.07, 6.45) is 0. The molecule has 2 rings (SSSR count). The smallest absolute Gasteiger partial charge is 0.0461 e. The summed E-state index contributed by atoms with van der Waals surface area (Å²) < 4.78 is 1.01. The fourth-order valence-corrected chi connectivity index (χ4v) is 2.58. The van der Waals surface area contributed by atoms with Crippen LogP contribution in [0.25, 0.3) is 0 Å². The summed E-state index contributed by atoms with van der Waals surface area (Å²) in [5, 5.41) is 0. The summed E-state index contributed by atoms with van der Waals surface area (Å²) in [5.41, 5.74) is 10.6. The van der Waals surface area contributed by atoms with Crippen LogP contribution in [0.1, 0.15) is 16.7 Å². The molecule has 0 unspecified atom stereocenters. The van der Waals surface area contributed by atoms with Gasteiger partial charge in [0.2, 0.25) is 0 Å². The third kappa shape index (κ3) is 3.82. The van der Waals surface area contributed by atoms with Gasteiger partial charge in [0.1, 0.15) is 0 Å². The summed E-state index contributed by atoms with van der Waals surface area (Å²) in [6, 6.07) is 14.6. The Labute approximate surface area is 123 Å². The van der Waals surface area contributed by atoms with Gasteiger partial charge in [0.15, 0.2) is 0 Å². The second-order valence-corrected chi connectivity index (χ2v) is 5.77. The second kappa shape index (κ2) is 6.22. The van der Waals surface area contributed by atoms with Gasteiger partial charge in [-0.15, -0.1) is 0 Å². The van der Waals surface area contributed by atoms with Crippen molar-refractivity contribution in [3.8, 4) is 0 Å². The van der Waals surface area contributed by atoms with Crippen LogP contribution in [0.2, 0.25) is 0 Å². The first-order chi connectivity index (χ1) is 9.06.